The van der Waals surface area contributed by atoms with Crippen LogP contribution in [0.2, 0.25) is 0 Å². The molecule has 1 aliphatic rings. The van der Waals surface area contributed by atoms with Gasteiger partial charge in [-0.2, -0.15) is 4.98 Å². The lowest BCUT2D eigenvalue weighted by Gasteiger charge is -2.29. The van der Waals surface area contributed by atoms with Crippen LogP contribution in [0, 0.1) is 0 Å². The summed E-state index contributed by atoms with van der Waals surface area (Å²) in [6, 6.07) is 0. The SMILES string of the molecule is C[C@@]1(n2cnc3c(=O)[nH]c(N)nc32)O[C@H](CO)C[C@H]1O. The van der Waals surface area contributed by atoms with Crippen LogP contribution < -0.4 is 11.3 Å². The highest BCUT2D eigenvalue weighted by Gasteiger charge is 2.46. The van der Waals surface area contributed by atoms with E-state index < -0.39 is 23.5 Å². The summed E-state index contributed by atoms with van der Waals surface area (Å²) in [7, 11) is 0. The normalized spacial score (nSPS) is 30.1. The van der Waals surface area contributed by atoms with Crippen LogP contribution >= 0.6 is 0 Å². The van der Waals surface area contributed by atoms with Crippen LogP contribution in [0.4, 0.5) is 5.95 Å². The van der Waals surface area contributed by atoms with E-state index in [2.05, 4.69) is 15.0 Å². The van der Waals surface area contributed by atoms with Gasteiger partial charge in [0.05, 0.1) is 19.0 Å². The zero-order valence-corrected chi connectivity index (χ0v) is 10.8. The highest BCUT2D eigenvalue weighted by atomic mass is 16.6. The predicted molar refractivity (Wildman–Crippen MR) is 68.8 cm³/mol. The van der Waals surface area contributed by atoms with Crippen molar-refractivity contribution in [3.63, 3.8) is 0 Å². The first kappa shape index (κ1) is 13.0. The third-order valence-electron chi connectivity index (χ3n) is 3.62. The summed E-state index contributed by atoms with van der Waals surface area (Å²) < 4.78 is 7.14. The molecule has 1 fully saturated rings. The van der Waals surface area contributed by atoms with E-state index in [1.807, 2.05) is 0 Å². The topological polar surface area (TPSA) is 139 Å². The second-order valence-electron chi connectivity index (χ2n) is 4.97. The number of aliphatic hydroxyl groups excluding tert-OH is 2. The lowest BCUT2D eigenvalue weighted by Crippen LogP contribution is -2.39. The van der Waals surface area contributed by atoms with Crippen molar-refractivity contribution < 1.29 is 14.9 Å². The quantitative estimate of drug-likeness (QED) is 0.526. The molecule has 0 radical (unpaired) electrons. The van der Waals surface area contributed by atoms with Gasteiger partial charge in [-0.05, 0) is 6.92 Å². The molecular weight excluding hydrogens is 266 g/mol. The molecule has 1 saturated heterocycles. The number of H-pyrrole nitrogens is 1. The van der Waals surface area contributed by atoms with Crippen LogP contribution in [-0.4, -0.2) is 48.5 Å². The molecule has 108 valence electrons. The van der Waals surface area contributed by atoms with Gasteiger partial charge in [0, 0.05) is 6.42 Å². The molecule has 3 rings (SSSR count). The highest BCUT2D eigenvalue weighted by molar-refractivity contribution is 5.70. The van der Waals surface area contributed by atoms with Crippen molar-refractivity contribution in [2.24, 2.45) is 0 Å². The molecule has 0 unspecified atom stereocenters. The zero-order chi connectivity index (χ0) is 14.5. The van der Waals surface area contributed by atoms with Gasteiger partial charge in [0.1, 0.15) is 6.10 Å². The second kappa shape index (κ2) is 4.27. The average Bonchev–Trinajstić information content (AvgIpc) is 2.92. The molecule has 3 heterocycles. The maximum atomic E-state index is 11.7. The number of nitrogen functional groups attached to an aromatic ring is 1. The fourth-order valence-corrected chi connectivity index (χ4v) is 2.51. The van der Waals surface area contributed by atoms with Gasteiger partial charge in [0.15, 0.2) is 16.9 Å². The van der Waals surface area contributed by atoms with Crippen LogP contribution in [0.15, 0.2) is 11.1 Å². The molecule has 9 nitrogen and oxygen atoms in total. The summed E-state index contributed by atoms with van der Waals surface area (Å²) in [6.07, 6.45) is 0.312. The molecule has 0 amide bonds. The van der Waals surface area contributed by atoms with Crippen molar-refractivity contribution in [3.8, 4) is 0 Å². The maximum Gasteiger partial charge on any atom is 0.280 e. The van der Waals surface area contributed by atoms with Gasteiger partial charge in [0.25, 0.3) is 5.56 Å². The first-order valence-corrected chi connectivity index (χ1v) is 6.15. The Morgan fingerprint density at radius 1 is 1.70 bits per heavy atom. The van der Waals surface area contributed by atoms with E-state index in [0.29, 0.717) is 0 Å². The van der Waals surface area contributed by atoms with Crippen molar-refractivity contribution in [2.45, 2.75) is 31.3 Å². The Hall–Kier alpha value is -1.97. The number of imidazole rings is 1. The minimum absolute atomic E-state index is 0.0426. The third-order valence-corrected chi connectivity index (χ3v) is 3.62. The number of hydrogen-bond acceptors (Lipinski definition) is 7. The highest BCUT2D eigenvalue weighted by Crippen LogP contribution is 2.36. The van der Waals surface area contributed by atoms with Gasteiger partial charge < -0.3 is 20.7 Å². The fourth-order valence-electron chi connectivity index (χ4n) is 2.51. The van der Waals surface area contributed by atoms with Crippen molar-refractivity contribution in [3.05, 3.63) is 16.7 Å². The van der Waals surface area contributed by atoms with Crippen LogP contribution in [0.1, 0.15) is 13.3 Å². The third kappa shape index (κ3) is 1.71. The standard InChI is InChI=1S/C11H15N5O4/c1-11(6(18)2-5(3-17)20-11)16-4-13-7-8(16)14-10(12)15-9(7)19/h4-6,17-18H,2-3H2,1H3,(H3,12,14,15,19)/t5-,6+,11+/m0/s1. The van der Waals surface area contributed by atoms with Gasteiger partial charge >= 0.3 is 0 Å². The van der Waals surface area contributed by atoms with Crippen LogP contribution in [-0.2, 0) is 10.5 Å². The molecule has 9 heteroatoms. The molecular formula is C11H15N5O4. The Balaban J connectivity index is 2.17. The smallest absolute Gasteiger partial charge is 0.280 e. The number of rotatable bonds is 2. The average molecular weight is 281 g/mol. The van der Waals surface area contributed by atoms with E-state index in [-0.39, 0.29) is 30.1 Å². The first-order valence-electron chi connectivity index (χ1n) is 6.15. The van der Waals surface area contributed by atoms with Crippen LogP contribution in [0.25, 0.3) is 11.2 Å². The molecule has 2 aromatic rings. The number of anilines is 1. The zero-order valence-electron chi connectivity index (χ0n) is 10.8. The van der Waals surface area contributed by atoms with Crippen molar-refractivity contribution >= 4 is 17.1 Å². The van der Waals surface area contributed by atoms with Crippen LogP contribution in [0.5, 0.6) is 0 Å². The summed E-state index contributed by atoms with van der Waals surface area (Å²) in [5, 5.41) is 19.4. The second-order valence-corrected chi connectivity index (χ2v) is 4.97. The van der Waals surface area contributed by atoms with Crippen LogP contribution in [0.3, 0.4) is 0 Å². The van der Waals surface area contributed by atoms with Gasteiger partial charge in [-0.1, -0.05) is 0 Å². The molecule has 20 heavy (non-hydrogen) atoms. The molecule has 0 spiro atoms. The largest absolute Gasteiger partial charge is 0.394 e. The summed E-state index contributed by atoms with van der Waals surface area (Å²) >= 11 is 0. The van der Waals surface area contributed by atoms with Gasteiger partial charge in [-0.15, -0.1) is 0 Å². The number of aliphatic hydroxyl groups is 2. The fraction of sp³-hybridized carbons (Fsp3) is 0.545. The van der Waals surface area contributed by atoms with Crippen molar-refractivity contribution in [2.75, 3.05) is 12.3 Å². The van der Waals surface area contributed by atoms with Crippen molar-refractivity contribution in [1.29, 1.82) is 0 Å². The number of aromatic nitrogens is 4. The molecule has 0 saturated carbocycles. The number of hydrogen-bond donors (Lipinski definition) is 4. The van der Waals surface area contributed by atoms with E-state index in [4.69, 9.17) is 15.6 Å². The summed E-state index contributed by atoms with van der Waals surface area (Å²) in [5.74, 6) is -0.0426. The van der Waals surface area contributed by atoms with Gasteiger partial charge in [-0.25, -0.2) is 4.98 Å². The molecule has 0 aromatic carbocycles. The Kier molecular flexibility index (Phi) is 2.78. The summed E-state index contributed by atoms with van der Waals surface area (Å²) in [4.78, 5) is 22.1. The summed E-state index contributed by atoms with van der Waals surface area (Å²) in [6.45, 7) is 1.45. The lowest BCUT2D eigenvalue weighted by molar-refractivity contribution is -0.132. The Bertz CT molecular complexity index is 710. The predicted octanol–water partition coefficient (Wildman–Crippen LogP) is -1.48. The van der Waals surface area contributed by atoms with E-state index in [9.17, 15) is 9.90 Å². The maximum absolute atomic E-state index is 11.7. The van der Waals surface area contributed by atoms with E-state index in [0.717, 1.165) is 0 Å². The lowest BCUT2D eigenvalue weighted by atomic mass is 10.1. The van der Waals surface area contributed by atoms with Gasteiger partial charge in [0.2, 0.25) is 5.95 Å². The molecule has 5 N–H and O–H groups in total. The Morgan fingerprint density at radius 2 is 2.45 bits per heavy atom. The number of fused-ring (bicyclic) bond motifs is 1. The Morgan fingerprint density at radius 3 is 3.10 bits per heavy atom. The monoisotopic (exact) mass is 281 g/mol. The number of nitrogens with one attached hydrogen (secondary N) is 1. The number of ether oxygens (including phenoxy) is 1. The Labute approximate surface area is 113 Å². The number of aromatic amines is 1. The minimum Gasteiger partial charge on any atom is -0.394 e. The molecule has 0 bridgehead atoms. The number of nitrogens with two attached hydrogens (primary N) is 1. The molecule has 0 aliphatic carbocycles. The van der Waals surface area contributed by atoms with Gasteiger partial charge in [-0.3, -0.25) is 14.3 Å². The molecule has 1 aliphatic heterocycles. The van der Waals surface area contributed by atoms with Crippen molar-refractivity contribution in [1.82, 2.24) is 19.5 Å². The van der Waals surface area contributed by atoms with E-state index >= 15 is 0 Å². The molecule has 3 atom stereocenters. The number of nitrogens with zero attached hydrogens (tertiary/aromatic N) is 3. The minimum atomic E-state index is -1.16. The first-order chi connectivity index (χ1) is 9.45. The molecule has 2 aromatic heterocycles. The van der Waals surface area contributed by atoms with E-state index in [1.165, 1.54) is 10.9 Å². The van der Waals surface area contributed by atoms with E-state index in [1.54, 1.807) is 6.92 Å². The summed E-state index contributed by atoms with van der Waals surface area (Å²) in [5.41, 5.74) is 4.26.